The molecule has 37 heavy (non-hydrogen) atoms. The van der Waals surface area contributed by atoms with Gasteiger partial charge >= 0.3 is 0 Å². The molecule has 1 amide bonds. The zero-order chi connectivity index (χ0) is 25.8. The monoisotopic (exact) mass is 517 g/mol. The van der Waals surface area contributed by atoms with E-state index in [-0.39, 0.29) is 12.6 Å². The summed E-state index contributed by atoms with van der Waals surface area (Å²) in [6, 6.07) is 15.2. The molecular formula is C27H25ClFN7O. The van der Waals surface area contributed by atoms with E-state index in [1.807, 2.05) is 30.3 Å². The van der Waals surface area contributed by atoms with Crippen molar-refractivity contribution in [2.24, 2.45) is 0 Å². The second kappa shape index (κ2) is 10.9. The number of benzene rings is 2. The van der Waals surface area contributed by atoms with E-state index < -0.39 is 0 Å². The lowest BCUT2D eigenvalue weighted by atomic mass is 10.1. The van der Waals surface area contributed by atoms with Crippen molar-refractivity contribution in [3.63, 3.8) is 0 Å². The van der Waals surface area contributed by atoms with Crippen LogP contribution in [0, 0.1) is 0 Å². The molecule has 1 aliphatic heterocycles. The SMILES string of the molecule is C=CC(=O)Nc1ccnc(-c2c(Cl)ccc3cnc(Nc4ccc(NC5CN(CCF)C5)cc4)nc23)c1. The van der Waals surface area contributed by atoms with Crippen molar-refractivity contribution in [1.82, 2.24) is 19.9 Å². The molecule has 0 aliphatic carbocycles. The smallest absolute Gasteiger partial charge is 0.247 e. The highest BCUT2D eigenvalue weighted by molar-refractivity contribution is 6.34. The lowest BCUT2D eigenvalue weighted by molar-refractivity contribution is -0.111. The number of halogens is 2. The van der Waals surface area contributed by atoms with Gasteiger partial charge in [0.25, 0.3) is 0 Å². The van der Waals surface area contributed by atoms with Gasteiger partial charge in [-0.1, -0.05) is 18.2 Å². The number of likely N-dealkylation sites (tertiary alicyclic amines) is 1. The molecule has 2 aromatic carbocycles. The van der Waals surface area contributed by atoms with Crippen LogP contribution in [0.15, 0.2) is 73.6 Å². The maximum Gasteiger partial charge on any atom is 0.247 e. The lowest BCUT2D eigenvalue weighted by Crippen LogP contribution is -2.55. The fourth-order valence-electron chi connectivity index (χ4n) is 4.19. The molecule has 0 radical (unpaired) electrons. The van der Waals surface area contributed by atoms with Crippen molar-refractivity contribution in [2.75, 3.05) is 42.3 Å². The van der Waals surface area contributed by atoms with E-state index in [2.05, 4.69) is 37.4 Å². The number of nitrogens with one attached hydrogen (secondary N) is 3. The van der Waals surface area contributed by atoms with Crippen LogP contribution in [0.5, 0.6) is 0 Å². The van der Waals surface area contributed by atoms with E-state index in [0.29, 0.717) is 46.0 Å². The first-order valence-corrected chi connectivity index (χ1v) is 12.2. The zero-order valence-corrected chi connectivity index (χ0v) is 20.7. The van der Waals surface area contributed by atoms with E-state index in [0.717, 1.165) is 29.9 Å². The summed E-state index contributed by atoms with van der Waals surface area (Å²) in [4.78, 5) is 27.4. The van der Waals surface area contributed by atoms with Crippen LogP contribution in [0.3, 0.4) is 0 Å². The number of alkyl halides is 1. The number of nitrogens with zero attached hydrogens (tertiary/aromatic N) is 4. The highest BCUT2D eigenvalue weighted by Gasteiger charge is 2.25. The average molecular weight is 518 g/mol. The summed E-state index contributed by atoms with van der Waals surface area (Å²) in [5, 5.41) is 10.7. The number of aromatic nitrogens is 3. The molecule has 1 fully saturated rings. The van der Waals surface area contributed by atoms with Gasteiger partial charge in [-0.15, -0.1) is 0 Å². The first-order chi connectivity index (χ1) is 18.0. The Bertz CT molecular complexity index is 1440. The summed E-state index contributed by atoms with van der Waals surface area (Å²) in [5.74, 6) is 0.0938. The second-order valence-corrected chi connectivity index (χ2v) is 9.08. The minimum absolute atomic E-state index is 0.311. The predicted octanol–water partition coefficient (Wildman–Crippen LogP) is 5.28. The van der Waals surface area contributed by atoms with Gasteiger partial charge in [0.1, 0.15) is 6.67 Å². The van der Waals surface area contributed by atoms with Gasteiger partial charge in [0, 0.05) is 60.0 Å². The summed E-state index contributed by atoms with van der Waals surface area (Å²) in [5.41, 5.74) is 4.23. The van der Waals surface area contributed by atoms with Crippen molar-refractivity contribution in [2.45, 2.75) is 6.04 Å². The van der Waals surface area contributed by atoms with Gasteiger partial charge in [-0.05, 0) is 54.6 Å². The van der Waals surface area contributed by atoms with Gasteiger partial charge in [-0.25, -0.2) is 14.4 Å². The van der Waals surface area contributed by atoms with Crippen LogP contribution < -0.4 is 16.0 Å². The van der Waals surface area contributed by atoms with Crippen LogP contribution in [-0.2, 0) is 4.79 Å². The summed E-state index contributed by atoms with van der Waals surface area (Å²) in [6.45, 7) is 5.35. The highest BCUT2D eigenvalue weighted by atomic mass is 35.5. The van der Waals surface area contributed by atoms with E-state index in [4.69, 9.17) is 16.6 Å². The van der Waals surface area contributed by atoms with Crippen LogP contribution in [0.1, 0.15) is 0 Å². The number of hydrogen-bond acceptors (Lipinski definition) is 7. The van der Waals surface area contributed by atoms with Crippen LogP contribution >= 0.6 is 11.6 Å². The molecule has 0 spiro atoms. The molecule has 3 heterocycles. The van der Waals surface area contributed by atoms with Gasteiger partial charge in [-0.2, -0.15) is 0 Å². The van der Waals surface area contributed by atoms with Gasteiger partial charge in [0.2, 0.25) is 11.9 Å². The first kappa shape index (κ1) is 24.6. The number of carbonyl (C=O) groups excluding carboxylic acids is 1. The number of fused-ring (bicyclic) bond motifs is 1. The number of carbonyl (C=O) groups is 1. The van der Waals surface area contributed by atoms with Gasteiger partial charge < -0.3 is 16.0 Å². The standard InChI is InChI=1S/C27H25ClFN7O/c1-2-24(37)33-20-9-11-30-23(13-20)25-22(28)8-3-17-14-31-27(35-26(17)25)34-19-6-4-18(5-7-19)32-21-15-36(16-21)12-10-29/h2-9,11,13-14,21,32H,1,10,12,15-16H2,(H,30,33,37)(H,31,34,35). The minimum atomic E-state index is -0.317. The largest absolute Gasteiger partial charge is 0.380 e. The lowest BCUT2D eigenvalue weighted by Gasteiger charge is -2.39. The normalized spacial score (nSPS) is 13.7. The molecule has 8 nitrogen and oxygen atoms in total. The summed E-state index contributed by atoms with van der Waals surface area (Å²) in [7, 11) is 0. The zero-order valence-electron chi connectivity index (χ0n) is 19.9. The van der Waals surface area contributed by atoms with Gasteiger partial charge in [0.05, 0.1) is 22.3 Å². The molecule has 188 valence electrons. The number of rotatable bonds is 9. The maximum absolute atomic E-state index is 12.4. The molecule has 1 saturated heterocycles. The number of pyridine rings is 1. The van der Waals surface area contributed by atoms with E-state index in [1.54, 1.807) is 30.6 Å². The van der Waals surface area contributed by atoms with Crippen LogP contribution in [-0.4, -0.2) is 58.1 Å². The molecule has 0 unspecified atom stereocenters. The molecule has 0 atom stereocenters. The average Bonchev–Trinajstić information content (AvgIpc) is 2.88. The number of anilines is 4. The Labute approximate surface area is 218 Å². The molecule has 5 rings (SSSR count). The van der Waals surface area contributed by atoms with E-state index >= 15 is 0 Å². The maximum atomic E-state index is 12.4. The molecular weight excluding hydrogens is 493 g/mol. The van der Waals surface area contributed by atoms with E-state index in [9.17, 15) is 9.18 Å². The van der Waals surface area contributed by atoms with Crippen LogP contribution in [0.25, 0.3) is 22.2 Å². The molecule has 1 aliphatic rings. The predicted molar refractivity (Wildman–Crippen MR) is 146 cm³/mol. The summed E-state index contributed by atoms with van der Waals surface area (Å²) < 4.78 is 12.4. The number of amides is 1. The molecule has 4 aromatic rings. The first-order valence-electron chi connectivity index (χ1n) is 11.8. The second-order valence-electron chi connectivity index (χ2n) is 8.67. The quantitative estimate of drug-likeness (QED) is 0.260. The highest BCUT2D eigenvalue weighted by Crippen LogP contribution is 2.34. The van der Waals surface area contributed by atoms with Crippen molar-refractivity contribution < 1.29 is 9.18 Å². The van der Waals surface area contributed by atoms with Crippen molar-refractivity contribution in [3.05, 3.63) is 78.6 Å². The molecule has 0 saturated carbocycles. The van der Waals surface area contributed by atoms with Gasteiger partial charge in [-0.3, -0.25) is 14.7 Å². The van der Waals surface area contributed by atoms with Crippen molar-refractivity contribution in [3.8, 4) is 11.3 Å². The molecule has 2 aromatic heterocycles. The Kier molecular flexibility index (Phi) is 7.25. The summed E-state index contributed by atoms with van der Waals surface area (Å²) >= 11 is 6.58. The third-order valence-corrected chi connectivity index (χ3v) is 6.36. The Morgan fingerprint density at radius 3 is 2.65 bits per heavy atom. The fourth-order valence-corrected chi connectivity index (χ4v) is 4.44. The van der Waals surface area contributed by atoms with Crippen LogP contribution in [0.4, 0.5) is 27.4 Å². The van der Waals surface area contributed by atoms with E-state index in [1.165, 1.54) is 6.08 Å². The topological polar surface area (TPSA) is 95.1 Å². The Morgan fingerprint density at radius 1 is 1.11 bits per heavy atom. The minimum Gasteiger partial charge on any atom is -0.380 e. The van der Waals surface area contributed by atoms with Crippen molar-refractivity contribution in [1.29, 1.82) is 0 Å². The van der Waals surface area contributed by atoms with Crippen molar-refractivity contribution >= 4 is 51.4 Å². The third-order valence-electron chi connectivity index (χ3n) is 6.04. The number of hydrogen-bond donors (Lipinski definition) is 3. The Balaban J connectivity index is 1.36. The van der Waals surface area contributed by atoms with Crippen LogP contribution in [0.2, 0.25) is 5.02 Å². The Hall–Kier alpha value is -4.08. The molecule has 10 heteroatoms. The third kappa shape index (κ3) is 5.68. The molecule has 0 bridgehead atoms. The fraction of sp³-hybridized carbons (Fsp3) is 0.185. The van der Waals surface area contributed by atoms with Gasteiger partial charge in [0.15, 0.2) is 0 Å². The Morgan fingerprint density at radius 2 is 1.89 bits per heavy atom. The summed E-state index contributed by atoms with van der Waals surface area (Å²) in [6.07, 6.45) is 4.53. The molecule has 3 N–H and O–H groups in total.